The fourth-order valence-corrected chi connectivity index (χ4v) is 2.84. The fourth-order valence-electron chi connectivity index (χ4n) is 2.68. The lowest BCUT2D eigenvalue weighted by molar-refractivity contribution is 0.269. The van der Waals surface area contributed by atoms with Gasteiger partial charge in [0.2, 0.25) is 0 Å². The zero-order chi connectivity index (χ0) is 15.7. The van der Waals surface area contributed by atoms with Crippen LogP contribution in [0.2, 0.25) is 0 Å². The first-order chi connectivity index (χ1) is 9.81. The summed E-state index contributed by atoms with van der Waals surface area (Å²) in [5.74, 6) is 0.955. The molecule has 2 unspecified atom stereocenters. The minimum absolute atomic E-state index is 0.219. The van der Waals surface area contributed by atoms with Crippen molar-refractivity contribution in [3.05, 3.63) is 29.8 Å². The number of fused-ring (bicyclic) bond motifs is 1. The highest BCUT2D eigenvalue weighted by Gasteiger charge is 2.24. The van der Waals surface area contributed by atoms with Gasteiger partial charge >= 0.3 is 0 Å². The lowest BCUT2D eigenvalue weighted by atomic mass is 10.0. The van der Waals surface area contributed by atoms with Crippen LogP contribution in [0.4, 0.5) is 4.39 Å². The van der Waals surface area contributed by atoms with E-state index < -0.39 is 0 Å². The maximum Gasteiger partial charge on any atom is 0.128 e. The van der Waals surface area contributed by atoms with Crippen LogP contribution in [0.25, 0.3) is 11.0 Å². The number of nitrogens with zero attached hydrogens (tertiary/aromatic N) is 3. The van der Waals surface area contributed by atoms with Crippen LogP contribution < -0.4 is 0 Å². The van der Waals surface area contributed by atoms with Gasteiger partial charge in [-0.3, -0.25) is 0 Å². The van der Waals surface area contributed by atoms with E-state index in [0.29, 0.717) is 11.4 Å². The molecule has 0 fully saturated rings. The van der Waals surface area contributed by atoms with Crippen LogP contribution in [0.15, 0.2) is 18.2 Å². The van der Waals surface area contributed by atoms with Crippen molar-refractivity contribution in [3.8, 4) is 0 Å². The second-order valence-electron chi connectivity index (χ2n) is 6.16. The van der Waals surface area contributed by atoms with Crippen LogP contribution in [-0.2, 0) is 0 Å². The summed E-state index contributed by atoms with van der Waals surface area (Å²) in [4.78, 5) is 6.71. The molecule has 0 aliphatic rings. The molecule has 0 saturated carbocycles. The SMILES string of the molecule is CC(Cl)c1nc2cc(F)ccc2n1C(CN(C)C)C(C)C. The van der Waals surface area contributed by atoms with E-state index in [1.54, 1.807) is 6.07 Å². The molecule has 1 aromatic carbocycles. The molecule has 0 aliphatic heterocycles. The number of imidazole rings is 1. The number of aromatic nitrogens is 2. The highest BCUT2D eigenvalue weighted by molar-refractivity contribution is 6.20. The van der Waals surface area contributed by atoms with E-state index in [1.807, 2.05) is 6.92 Å². The average molecular weight is 312 g/mol. The highest BCUT2D eigenvalue weighted by atomic mass is 35.5. The van der Waals surface area contributed by atoms with Crippen LogP contribution >= 0.6 is 11.6 Å². The van der Waals surface area contributed by atoms with E-state index in [1.165, 1.54) is 12.1 Å². The molecule has 21 heavy (non-hydrogen) atoms. The Morgan fingerprint density at radius 2 is 1.95 bits per heavy atom. The fraction of sp³-hybridized carbons (Fsp3) is 0.562. The summed E-state index contributed by atoms with van der Waals surface area (Å²) in [5.41, 5.74) is 1.61. The number of alkyl halides is 1. The van der Waals surface area contributed by atoms with Crippen molar-refractivity contribution in [2.45, 2.75) is 32.2 Å². The molecule has 0 N–H and O–H groups in total. The molecule has 2 rings (SSSR count). The zero-order valence-corrected chi connectivity index (χ0v) is 14.0. The van der Waals surface area contributed by atoms with Gasteiger partial charge in [0.15, 0.2) is 0 Å². The predicted molar refractivity (Wildman–Crippen MR) is 86.4 cm³/mol. The summed E-state index contributed by atoms with van der Waals surface area (Å²) in [7, 11) is 4.11. The summed E-state index contributed by atoms with van der Waals surface area (Å²) in [5, 5.41) is -0.219. The third kappa shape index (κ3) is 3.38. The number of rotatable bonds is 5. The Morgan fingerprint density at radius 3 is 2.48 bits per heavy atom. The van der Waals surface area contributed by atoms with Gasteiger partial charge in [-0.05, 0) is 39.1 Å². The lowest BCUT2D eigenvalue weighted by Gasteiger charge is -2.28. The number of likely N-dealkylation sites (N-methyl/N-ethyl adjacent to an activating group) is 1. The Labute approximate surface area is 130 Å². The van der Waals surface area contributed by atoms with Crippen molar-refractivity contribution in [1.29, 1.82) is 0 Å². The molecule has 2 aromatic rings. The minimum Gasteiger partial charge on any atom is -0.322 e. The van der Waals surface area contributed by atoms with Crippen LogP contribution in [-0.4, -0.2) is 35.1 Å². The molecule has 2 atom stereocenters. The topological polar surface area (TPSA) is 21.1 Å². The first kappa shape index (κ1) is 16.2. The van der Waals surface area contributed by atoms with Gasteiger partial charge in [-0.1, -0.05) is 13.8 Å². The molecule has 0 amide bonds. The standard InChI is InChI=1S/C16H23ClFN3/c1-10(2)15(9-20(4)5)21-14-7-6-12(18)8-13(14)19-16(21)11(3)17/h6-8,10-11,15H,9H2,1-5H3. The maximum absolute atomic E-state index is 13.5. The smallest absolute Gasteiger partial charge is 0.128 e. The van der Waals surface area contributed by atoms with Crippen molar-refractivity contribution < 1.29 is 4.39 Å². The van der Waals surface area contributed by atoms with Gasteiger partial charge in [-0.15, -0.1) is 11.6 Å². The molecule has 3 nitrogen and oxygen atoms in total. The lowest BCUT2D eigenvalue weighted by Crippen LogP contribution is -2.29. The maximum atomic E-state index is 13.5. The van der Waals surface area contributed by atoms with Gasteiger partial charge in [0.05, 0.1) is 22.5 Å². The molecule has 5 heteroatoms. The van der Waals surface area contributed by atoms with Gasteiger partial charge < -0.3 is 9.47 Å². The normalized spacial score (nSPS) is 15.1. The van der Waals surface area contributed by atoms with Crippen LogP contribution in [0.3, 0.4) is 0 Å². The van der Waals surface area contributed by atoms with Gasteiger partial charge in [0, 0.05) is 12.6 Å². The second-order valence-corrected chi connectivity index (χ2v) is 6.82. The van der Waals surface area contributed by atoms with E-state index in [2.05, 4.69) is 42.4 Å². The molecule has 0 saturated heterocycles. The Balaban J connectivity index is 2.65. The van der Waals surface area contributed by atoms with Crippen molar-refractivity contribution in [2.75, 3.05) is 20.6 Å². The third-order valence-corrected chi connectivity index (χ3v) is 3.88. The van der Waals surface area contributed by atoms with Gasteiger partial charge in [0.25, 0.3) is 0 Å². The summed E-state index contributed by atoms with van der Waals surface area (Å²) < 4.78 is 15.6. The summed E-state index contributed by atoms with van der Waals surface area (Å²) in [6.07, 6.45) is 0. The quantitative estimate of drug-likeness (QED) is 0.770. The van der Waals surface area contributed by atoms with Crippen LogP contribution in [0.1, 0.15) is 38.0 Å². The Bertz CT molecular complexity index is 619. The van der Waals surface area contributed by atoms with Crippen molar-refractivity contribution in [3.63, 3.8) is 0 Å². The van der Waals surface area contributed by atoms with Crippen molar-refractivity contribution in [1.82, 2.24) is 14.5 Å². The molecule has 0 spiro atoms. The van der Waals surface area contributed by atoms with Gasteiger partial charge in [-0.25, -0.2) is 9.37 Å². The predicted octanol–water partition coefficient (Wildman–Crippen LogP) is 4.23. The molecule has 116 valence electrons. The molecule has 0 aliphatic carbocycles. The Morgan fingerprint density at radius 1 is 1.29 bits per heavy atom. The first-order valence-corrected chi connectivity index (χ1v) is 7.71. The van der Waals surface area contributed by atoms with Crippen molar-refractivity contribution >= 4 is 22.6 Å². The largest absolute Gasteiger partial charge is 0.322 e. The average Bonchev–Trinajstić information content (AvgIpc) is 2.73. The first-order valence-electron chi connectivity index (χ1n) is 7.27. The summed E-state index contributed by atoms with van der Waals surface area (Å²) in [6, 6.07) is 5.00. The van der Waals surface area contributed by atoms with Gasteiger partial charge in [0.1, 0.15) is 11.6 Å². The highest BCUT2D eigenvalue weighted by Crippen LogP contribution is 2.31. The van der Waals surface area contributed by atoms with E-state index in [0.717, 1.165) is 17.9 Å². The number of benzene rings is 1. The summed E-state index contributed by atoms with van der Waals surface area (Å²) >= 11 is 6.31. The molecule has 1 heterocycles. The number of halogens is 2. The van der Waals surface area contributed by atoms with E-state index in [9.17, 15) is 4.39 Å². The molecule has 1 aromatic heterocycles. The van der Waals surface area contributed by atoms with Crippen molar-refractivity contribution in [2.24, 2.45) is 5.92 Å². The molecule has 0 bridgehead atoms. The van der Waals surface area contributed by atoms with Gasteiger partial charge in [-0.2, -0.15) is 0 Å². The van der Waals surface area contributed by atoms with Crippen LogP contribution in [0, 0.1) is 11.7 Å². The minimum atomic E-state index is -0.269. The van der Waals surface area contributed by atoms with E-state index in [4.69, 9.17) is 11.6 Å². The van der Waals surface area contributed by atoms with E-state index >= 15 is 0 Å². The monoisotopic (exact) mass is 311 g/mol. The van der Waals surface area contributed by atoms with E-state index in [-0.39, 0.29) is 17.2 Å². The zero-order valence-electron chi connectivity index (χ0n) is 13.3. The van der Waals surface area contributed by atoms with Crippen LogP contribution in [0.5, 0.6) is 0 Å². The second kappa shape index (κ2) is 6.32. The molecular formula is C16H23ClFN3. The Kier molecular flexibility index (Phi) is 4.89. The number of hydrogen-bond donors (Lipinski definition) is 0. The third-order valence-electron chi connectivity index (χ3n) is 3.69. The number of hydrogen-bond acceptors (Lipinski definition) is 2. The Hall–Kier alpha value is -1.13. The molecular weight excluding hydrogens is 289 g/mol. The molecule has 0 radical (unpaired) electrons. The summed E-state index contributed by atoms with van der Waals surface area (Å²) in [6.45, 7) is 7.16.